The molecule has 28 heavy (non-hydrogen) atoms. The molecule has 2 N–H and O–H groups in total. The van der Waals surface area contributed by atoms with Gasteiger partial charge in [0.15, 0.2) is 0 Å². The van der Waals surface area contributed by atoms with Crippen molar-refractivity contribution in [3.63, 3.8) is 0 Å². The summed E-state index contributed by atoms with van der Waals surface area (Å²) in [5.41, 5.74) is 2.67. The van der Waals surface area contributed by atoms with Crippen LogP contribution in [0.3, 0.4) is 0 Å². The second-order valence-electron chi connectivity index (χ2n) is 6.32. The van der Waals surface area contributed by atoms with E-state index in [0.717, 1.165) is 24.4 Å². The minimum Gasteiger partial charge on any atom is -0.497 e. The van der Waals surface area contributed by atoms with E-state index in [0.29, 0.717) is 11.4 Å². The van der Waals surface area contributed by atoms with Gasteiger partial charge in [0.1, 0.15) is 17.4 Å². The first-order chi connectivity index (χ1) is 13.6. The second kappa shape index (κ2) is 9.50. The molecular formula is C22H22FN3O2. The van der Waals surface area contributed by atoms with E-state index in [1.165, 1.54) is 17.7 Å². The molecule has 3 rings (SSSR count). The predicted octanol–water partition coefficient (Wildman–Crippen LogP) is 4.07. The summed E-state index contributed by atoms with van der Waals surface area (Å²) < 4.78 is 18.4. The van der Waals surface area contributed by atoms with E-state index >= 15 is 0 Å². The van der Waals surface area contributed by atoms with Crippen LogP contribution >= 0.6 is 0 Å². The summed E-state index contributed by atoms with van der Waals surface area (Å²) in [4.78, 5) is 16.3. The van der Waals surface area contributed by atoms with Gasteiger partial charge in [-0.1, -0.05) is 24.3 Å². The first-order valence-corrected chi connectivity index (χ1v) is 8.99. The number of hydrogen-bond donors (Lipinski definition) is 2. The lowest BCUT2D eigenvalue weighted by Crippen LogP contribution is -2.15. The summed E-state index contributed by atoms with van der Waals surface area (Å²) in [7, 11) is 1.65. The molecule has 0 bridgehead atoms. The number of ether oxygens (including phenoxy) is 1. The number of rotatable bonds is 8. The number of anilines is 2. The number of benzene rings is 2. The maximum Gasteiger partial charge on any atom is 0.229 e. The molecule has 0 unspecified atom stereocenters. The Labute approximate surface area is 163 Å². The third-order valence-corrected chi connectivity index (χ3v) is 4.16. The number of hydrogen-bond acceptors (Lipinski definition) is 4. The first kappa shape index (κ1) is 19.4. The summed E-state index contributed by atoms with van der Waals surface area (Å²) in [6.07, 6.45) is 2.62. The maximum absolute atomic E-state index is 13.2. The first-order valence-electron chi connectivity index (χ1n) is 8.99. The minimum atomic E-state index is -0.354. The van der Waals surface area contributed by atoms with Crippen LogP contribution in [0.2, 0.25) is 0 Å². The molecule has 1 amide bonds. The molecule has 0 atom stereocenters. The minimum absolute atomic E-state index is 0.0972. The van der Waals surface area contributed by atoms with Gasteiger partial charge in [0.2, 0.25) is 5.91 Å². The van der Waals surface area contributed by atoms with E-state index in [1.54, 1.807) is 31.5 Å². The number of methoxy groups -OCH3 is 1. The van der Waals surface area contributed by atoms with Crippen molar-refractivity contribution < 1.29 is 13.9 Å². The van der Waals surface area contributed by atoms with E-state index in [2.05, 4.69) is 21.7 Å². The van der Waals surface area contributed by atoms with Crippen LogP contribution in [0.15, 0.2) is 66.9 Å². The molecule has 0 fully saturated rings. The molecule has 5 nitrogen and oxygen atoms in total. The van der Waals surface area contributed by atoms with Crippen LogP contribution in [-0.2, 0) is 17.6 Å². The number of halogens is 1. The van der Waals surface area contributed by atoms with Crippen LogP contribution in [0.5, 0.6) is 5.75 Å². The summed E-state index contributed by atoms with van der Waals surface area (Å²) in [5, 5.41) is 6.02. The summed E-state index contributed by atoms with van der Waals surface area (Å²) in [6, 6.07) is 17.5. The fourth-order valence-corrected chi connectivity index (χ4v) is 2.77. The molecular weight excluding hydrogens is 357 g/mol. The SMILES string of the molecule is COc1cccc(CCNc2ccc(NC(=O)Cc3cccc(F)c3)nc2)c1. The Morgan fingerprint density at radius 3 is 2.64 bits per heavy atom. The van der Waals surface area contributed by atoms with E-state index in [1.807, 2.05) is 24.3 Å². The van der Waals surface area contributed by atoms with Crippen LogP contribution in [0.1, 0.15) is 11.1 Å². The molecule has 144 valence electrons. The average Bonchev–Trinajstić information content (AvgIpc) is 2.69. The lowest BCUT2D eigenvalue weighted by Gasteiger charge is -2.09. The molecule has 0 aliphatic heterocycles. The van der Waals surface area contributed by atoms with Gasteiger partial charge in [0.05, 0.1) is 25.4 Å². The molecule has 0 saturated carbocycles. The van der Waals surface area contributed by atoms with Gasteiger partial charge in [0.25, 0.3) is 0 Å². The fourth-order valence-electron chi connectivity index (χ4n) is 2.77. The zero-order valence-corrected chi connectivity index (χ0v) is 15.6. The van der Waals surface area contributed by atoms with Crippen molar-refractivity contribution in [2.24, 2.45) is 0 Å². The monoisotopic (exact) mass is 379 g/mol. The van der Waals surface area contributed by atoms with Crippen molar-refractivity contribution in [3.05, 3.63) is 83.8 Å². The molecule has 0 spiro atoms. The fraction of sp³-hybridized carbons (Fsp3) is 0.182. The third-order valence-electron chi connectivity index (χ3n) is 4.16. The van der Waals surface area contributed by atoms with Crippen molar-refractivity contribution in [1.82, 2.24) is 4.98 Å². The van der Waals surface area contributed by atoms with Gasteiger partial charge in [-0.25, -0.2) is 9.37 Å². The Bertz CT molecular complexity index is 929. The van der Waals surface area contributed by atoms with Gasteiger partial charge in [-0.3, -0.25) is 4.79 Å². The molecule has 0 saturated heterocycles. The lowest BCUT2D eigenvalue weighted by molar-refractivity contribution is -0.115. The number of aromatic nitrogens is 1. The van der Waals surface area contributed by atoms with Crippen LogP contribution in [-0.4, -0.2) is 24.5 Å². The van der Waals surface area contributed by atoms with Gasteiger partial charge < -0.3 is 15.4 Å². The molecule has 0 aliphatic carbocycles. The van der Waals surface area contributed by atoms with Gasteiger partial charge >= 0.3 is 0 Å². The largest absolute Gasteiger partial charge is 0.497 e. The highest BCUT2D eigenvalue weighted by Crippen LogP contribution is 2.14. The van der Waals surface area contributed by atoms with Gasteiger partial charge in [-0.05, 0) is 53.9 Å². The highest BCUT2D eigenvalue weighted by Gasteiger charge is 2.06. The molecule has 2 aromatic carbocycles. The standard InChI is InChI=1S/C22H22FN3O2/c1-28-20-7-3-4-16(13-20)10-11-24-19-8-9-21(25-15-19)26-22(27)14-17-5-2-6-18(23)12-17/h2-9,12-13,15,24H,10-11,14H2,1H3,(H,25,26,27). The zero-order chi connectivity index (χ0) is 19.8. The third kappa shape index (κ3) is 5.81. The summed E-state index contributed by atoms with van der Waals surface area (Å²) in [5.74, 6) is 0.710. The number of carbonyl (C=O) groups is 1. The molecule has 6 heteroatoms. The molecule has 3 aromatic rings. The number of carbonyl (C=O) groups excluding carboxylic acids is 1. The quantitative estimate of drug-likeness (QED) is 0.619. The van der Waals surface area contributed by atoms with Gasteiger partial charge in [0, 0.05) is 6.54 Å². The van der Waals surface area contributed by atoms with Crippen molar-refractivity contribution in [1.29, 1.82) is 0 Å². The molecule has 1 heterocycles. The molecule has 1 aromatic heterocycles. The van der Waals surface area contributed by atoms with Crippen molar-refractivity contribution in [2.45, 2.75) is 12.8 Å². The van der Waals surface area contributed by atoms with E-state index in [4.69, 9.17) is 4.74 Å². The second-order valence-corrected chi connectivity index (χ2v) is 6.32. The highest BCUT2D eigenvalue weighted by atomic mass is 19.1. The Hall–Kier alpha value is -3.41. The molecule has 0 radical (unpaired) electrons. The van der Waals surface area contributed by atoms with Crippen LogP contribution in [0.25, 0.3) is 0 Å². The van der Waals surface area contributed by atoms with Gasteiger partial charge in [-0.2, -0.15) is 0 Å². The number of amides is 1. The Morgan fingerprint density at radius 1 is 1.07 bits per heavy atom. The van der Waals surface area contributed by atoms with Crippen molar-refractivity contribution in [3.8, 4) is 5.75 Å². The normalized spacial score (nSPS) is 10.4. The zero-order valence-electron chi connectivity index (χ0n) is 15.6. The van der Waals surface area contributed by atoms with Gasteiger partial charge in [-0.15, -0.1) is 0 Å². The number of nitrogens with one attached hydrogen (secondary N) is 2. The smallest absolute Gasteiger partial charge is 0.229 e. The van der Waals surface area contributed by atoms with E-state index in [9.17, 15) is 9.18 Å². The van der Waals surface area contributed by atoms with Crippen molar-refractivity contribution in [2.75, 3.05) is 24.3 Å². The molecule has 0 aliphatic rings. The Kier molecular flexibility index (Phi) is 6.57. The average molecular weight is 379 g/mol. The van der Waals surface area contributed by atoms with Crippen molar-refractivity contribution >= 4 is 17.4 Å². The van der Waals surface area contributed by atoms with Crippen LogP contribution in [0, 0.1) is 5.82 Å². The Balaban J connectivity index is 1.47. The number of pyridine rings is 1. The van der Waals surface area contributed by atoms with E-state index in [-0.39, 0.29) is 18.1 Å². The number of nitrogens with zero attached hydrogens (tertiary/aromatic N) is 1. The van der Waals surface area contributed by atoms with E-state index < -0.39 is 0 Å². The lowest BCUT2D eigenvalue weighted by atomic mass is 10.1. The van der Waals surface area contributed by atoms with Crippen LogP contribution < -0.4 is 15.4 Å². The Morgan fingerprint density at radius 2 is 1.89 bits per heavy atom. The topological polar surface area (TPSA) is 63.2 Å². The summed E-state index contributed by atoms with van der Waals surface area (Å²) >= 11 is 0. The predicted molar refractivity (Wildman–Crippen MR) is 108 cm³/mol. The van der Waals surface area contributed by atoms with Crippen LogP contribution in [0.4, 0.5) is 15.9 Å². The highest BCUT2D eigenvalue weighted by molar-refractivity contribution is 5.91. The summed E-state index contributed by atoms with van der Waals surface area (Å²) in [6.45, 7) is 0.750. The maximum atomic E-state index is 13.2.